The SMILES string of the molecule is CCCS(=O)(=O)Nc1ccc(F)c(C(=O)c2c[nH]c3ncc(/C(C=N)=C/NC4CCNCC4)cc23)c1F. The number of allylic oxidation sites excluding steroid dienone is 1. The minimum absolute atomic E-state index is 0.0358. The number of nitrogens with zero attached hydrogens (tertiary/aromatic N) is 1. The first-order chi connectivity index (χ1) is 17.7. The van der Waals surface area contributed by atoms with Gasteiger partial charge in [0.2, 0.25) is 15.8 Å². The predicted octanol–water partition coefficient (Wildman–Crippen LogP) is 3.56. The number of nitrogens with one attached hydrogen (secondary N) is 5. The van der Waals surface area contributed by atoms with Gasteiger partial charge < -0.3 is 21.0 Å². The van der Waals surface area contributed by atoms with Crippen molar-refractivity contribution in [3.63, 3.8) is 0 Å². The second-order valence-corrected chi connectivity index (χ2v) is 10.6. The van der Waals surface area contributed by atoms with Crippen LogP contribution in [0.15, 0.2) is 36.8 Å². The molecule has 5 N–H and O–H groups in total. The molecule has 9 nitrogen and oxygen atoms in total. The van der Waals surface area contributed by atoms with Crippen LogP contribution >= 0.6 is 0 Å². The van der Waals surface area contributed by atoms with Crippen LogP contribution in [0, 0.1) is 17.0 Å². The number of carbonyl (C=O) groups is 1. The van der Waals surface area contributed by atoms with E-state index in [1.165, 1.54) is 6.20 Å². The molecule has 0 amide bonds. The van der Waals surface area contributed by atoms with Gasteiger partial charge in [0, 0.05) is 52.9 Å². The minimum Gasteiger partial charge on any atom is -0.388 e. The number of fused-ring (bicyclic) bond motifs is 1. The lowest BCUT2D eigenvalue weighted by atomic mass is 10.00. The zero-order valence-electron chi connectivity index (χ0n) is 20.2. The Hall–Kier alpha value is -3.64. The van der Waals surface area contributed by atoms with E-state index in [4.69, 9.17) is 5.41 Å². The van der Waals surface area contributed by atoms with Crippen molar-refractivity contribution < 1.29 is 22.0 Å². The molecule has 1 aliphatic rings. The second-order valence-electron chi connectivity index (χ2n) is 8.79. The summed E-state index contributed by atoms with van der Waals surface area (Å²) in [5, 5.41) is 14.7. The van der Waals surface area contributed by atoms with Crippen molar-refractivity contribution in [2.45, 2.75) is 32.2 Å². The molecule has 0 spiro atoms. The average Bonchev–Trinajstić information content (AvgIpc) is 3.30. The van der Waals surface area contributed by atoms with Crippen molar-refractivity contribution in [2.75, 3.05) is 23.6 Å². The molecule has 0 aliphatic carbocycles. The van der Waals surface area contributed by atoms with Gasteiger partial charge in [0.25, 0.3) is 0 Å². The van der Waals surface area contributed by atoms with Gasteiger partial charge in [-0.1, -0.05) is 6.92 Å². The molecule has 0 saturated carbocycles. The summed E-state index contributed by atoms with van der Waals surface area (Å²) in [5.41, 5.74) is -0.0280. The molecule has 1 fully saturated rings. The smallest absolute Gasteiger partial charge is 0.232 e. The molecular weight excluding hydrogens is 502 g/mol. The Bertz CT molecular complexity index is 1460. The van der Waals surface area contributed by atoms with Gasteiger partial charge in [-0.25, -0.2) is 22.2 Å². The third-order valence-electron chi connectivity index (χ3n) is 6.13. The number of hydrogen-bond donors (Lipinski definition) is 5. The van der Waals surface area contributed by atoms with Crippen LogP contribution in [-0.4, -0.2) is 55.3 Å². The second kappa shape index (κ2) is 11.2. The lowest BCUT2D eigenvalue weighted by Crippen LogP contribution is -2.37. The number of aromatic amines is 1. The Kier molecular flexibility index (Phi) is 7.98. The molecule has 3 aromatic rings. The number of H-pyrrole nitrogens is 1. The Labute approximate surface area is 213 Å². The molecule has 4 rings (SSSR count). The van der Waals surface area contributed by atoms with E-state index < -0.39 is 38.7 Å². The maximum Gasteiger partial charge on any atom is 0.232 e. The van der Waals surface area contributed by atoms with Gasteiger partial charge in [-0.15, -0.1) is 0 Å². The first-order valence-electron chi connectivity index (χ1n) is 11.9. The van der Waals surface area contributed by atoms with E-state index in [-0.39, 0.29) is 17.4 Å². The fourth-order valence-corrected chi connectivity index (χ4v) is 5.35. The van der Waals surface area contributed by atoms with Crippen molar-refractivity contribution in [1.82, 2.24) is 20.6 Å². The van der Waals surface area contributed by atoms with Crippen LogP contribution in [0.3, 0.4) is 0 Å². The number of ketones is 1. The molecule has 0 radical (unpaired) electrons. The van der Waals surface area contributed by atoms with Gasteiger partial charge in [0.15, 0.2) is 5.82 Å². The van der Waals surface area contributed by atoms with Gasteiger partial charge in [-0.05, 0) is 50.6 Å². The Morgan fingerprint density at radius 3 is 2.73 bits per heavy atom. The number of hydrogen-bond acceptors (Lipinski definition) is 7. The number of benzene rings is 1. The van der Waals surface area contributed by atoms with Crippen molar-refractivity contribution in [1.29, 1.82) is 5.41 Å². The quantitative estimate of drug-likeness (QED) is 0.201. The number of halogens is 2. The first-order valence-corrected chi connectivity index (χ1v) is 13.6. The third-order valence-corrected chi connectivity index (χ3v) is 7.61. The highest BCUT2D eigenvalue weighted by molar-refractivity contribution is 7.92. The summed E-state index contributed by atoms with van der Waals surface area (Å²) in [5.74, 6) is -3.63. The largest absolute Gasteiger partial charge is 0.388 e. The zero-order chi connectivity index (χ0) is 26.6. The van der Waals surface area contributed by atoms with E-state index in [0.29, 0.717) is 28.6 Å². The van der Waals surface area contributed by atoms with Crippen molar-refractivity contribution in [2.24, 2.45) is 0 Å². The molecule has 0 bridgehead atoms. The lowest BCUT2D eigenvalue weighted by Gasteiger charge is -2.23. The van der Waals surface area contributed by atoms with Gasteiger partial charge in [0.05, 0.1) is 17.0 Å². The van der Waals surface area contributed by atoms with E-state index in [0.717, 1.165) is 44.3 Å². The Morgan fingerprint density at radius 2 is 2.03 bits per heavy atom. The fourth-order valence-electron chi connectivity index (χ4n) is 4.22. The molecule has 196 valence electrons. The Balaban J connectivity index is 1.68. The van der Waals surface area contributed by atoms with Crippen LogP contribution in [0.25, 0.3) is 16.6 Å². The van der Waals surface area contributed by atoms with Crippen molar-refractivity contribution >= 4 is 44.3 Å². The van der Waals surface area contributed by atoms with Crippen LogP contribution in [0.4, 0.5) is 14.5 Å². The molecule has 0 atom stereocenters. The monoisotopic (exact) mass is 530 g/mol. The highest BCUT2D eigenvalue weighted by Crippen LogP contribution is 2.28. The maximum absolute atomic E-state index is 15.2. The van der Waals surface area contributed by atoms with Crippen LogP contribution in [0.1, 0.15) is 47.7 Å². The zero-order valence-corrected chi connectivity index (χ0v) is 21.0. The van der Waals surface area contributed by atoms with Gasteiger partial charge in [-0.3, -0.25) is 9.52 Å². The predicted molar refractivity (Wildman–Crippen MR) is 139 cm³/mol. The molecule has 12 heteroatoms. The highest BCUT2D eigenvalue weighted by Gasteiger charge is 2.26. The van der Waals surface area contributed by atoms with Gasteiger partial charge >= 0.3 is 0 Å². The molecule has 2 aromatic heterocycles. The summed E-state index contributed by atoms with van der Waals surface area (Å²) in [6.07, 6.45) is 7.92. The summed E-state index contributed by atoms with van der Waals surface area (Å²) in [7, 11) is -3.86. The van der Waals surface area contributed by atoms with Gasteiger partial charge in [-0.2, -0.15) is 0 Å². The molecule has 1 aromatic carbocycles. The normalized spacial score (nSPS) is 15.1. The van der Waals surface area contributed by atoms with Crippen LogP contribution in [0.2, 0.25) is 0 Å². The van der Waals surface area contributed by atoms with E-state index >= 15 is 4.39 Å². The van der Waals surface area contributed by atoms with E-state index in [2.05, 4.69) is 25.3 Å². The average molecular weight is 531 g/mol. The number of piperidine rings is 1. The molecular formula is C25H28F2N6O3S. The summed E-state index contributed by atoms with van der Waals surface area (Å²) < 4.78 is 56.2. The van der Waals surface area contributed by atoms with E-state index in [1.807, 2.05) is 0 Å². The summed E-state index contributed by atoms with van der Waals surface area (Å²) >= 11 is 0. The topological polar surface area (TPSA) is 140 Å². The first kappa shape index (κ1) is 26.4. The third kappa shape index (κ3) is 5.86. The summed E-state index contributed by atoms with van der Waals surface area (Å²) in [6.45, 7) is 3.46. The van der Waals surface area contributed by atoms with Gasteiger partial charge in [0.1, 0.15) is 11.5 Å². The lowest BCUT2D eigenvalue weighted by molar-refractivity contribution is 0.103. The van der Waals surface area contributed by atoms with E-state index in [1.54, 1.807) is 25.4 Å². The highest BCUT2D eigenvalue weighted by atomic mass is 32.2. The maximum atomic E-state index is 15.2. The summed E-state index contributed by atoms with van der Waals surface area (Å²) in [4.78, 5) is 20.4. The number of rotatable bonds is 10. The van der Waals surface area contributed by atoms with Crippen molar-refractivity contribution in [3.05, 3.63) is 65.1 Å². The van der Waals surface area contributed by atoms with Crippen LogP contribution < -0.4 is 15.4 Å². The molecule has 37 heavy (non-hydrogen) atoms. The summed E-state index contributed by atoms with van der Waals surface area (Å²) in [6, 6.07) is 3.68. The van der Waals surface area contributed by atoms with Crippen molar-refractivity contribution in [3.8, 4) is 0 Å². The minimum atomic E-state index is -3.86. The van der Waals surface area contributed by atoms with Crippen LogP contribution in [-0.2, 0) is 10.0 Å². The number of sulfonamides is 1. The molecule has 1 saturated heterocycles. The molecule has 1 aliphatic heterocycles. The standard InChI is InChI=1S/C25H28F2N6O3S/c1-2-9-37(35,36)33-21-4-3-20(26)22(23(21)27)24(34)19-14-32-25-18(19)10-15(12-31-25)16(11-28)13-30-17-5-7-29-8-6-17/h3-4,10-14,17,28-30,33H,2,5-9H2,1H3,(H,31,32)/b16-13+,28-11?. The van der Waals surface area contributed by atoms with E-state index in [9.17, 15) is 17.6 Å². The number of anilines is 1. The van der Waals surface area contributed by atoms with Crippen LogP contribution in [0.5, 0.6) is 0 Å². The molecule has 0 unspecified atom stereocenters. The molecule has 3 heterocycles. The number of pyridine rings is 1. The fraction of sp³-hybridized carbons (Fsp3) is 0.320. The Morgan fingerprint density at radius 1 is 1.27 bits per heavy atom. The number of carbonyl (C=O) groups excluding carboxylic acids is 1. The number of aromatic nitrogens is 2.